The Kier molecular flexibility index (Phi) is 6.11. The standard InChI is InChI=1S/C15H21NO5S/c1-4-22(20,21)13-7-5-6-12(10-13)15(19)16(11(2)3)9-8-14(17)18/h5-7,10-11H,4,8-9H2,1-3H3,(H,17,18). The van der Waals surface area contributed by atoms with Crippen molar-refractivity contribution in [2.75, 3.05) is 12.3 Å². The van der Waals surface area contributed by atoms with Gasteiger partial charge in [-0.15, -0.1) is 0 Å². The van der Waals surface area contributed by atoms with Crippen LogP contribution in [-0.2, 0) is 14.6 Å². The Morgan fingerprint density at radius 1 is 1.27 bits per heavy atom. The van der Waals surface area contributed by atoms with Crippen LogP contribution in [0.15, 0.2) is 29.2 Å². The second-order valence-corrected chi connectivity index (χ2v) is 7.45. The molecule has 1 N–H and O–H groups in total. The molecule has 122 valence electrons. The van der Waals surface area contributed by atoms with E-state index in [-0.39, 0.29) is 41.1 Å². The van der Waals surface area contributed by atoms with E-state index in [1.54, 1.807) is 13.8 Å². The first-order valence-electron chi connectivity index (χ1n) is 7.04. The molecule has 0 saturated carbocycles. The van der Waals surface area contributed by atoms with Crippen molar-refractivity contribution < 1.29 is 23.1 Å². The van der Waals surface area contributed by atoms with E-state index in [1.165, 1.54) is 36.1 Å². The second kappa shape index (κ2) is 7.40. The lowest BCUT2D eigenvalue weighted by molar-refractivity contribution is -0.137. The van der Waals surface area contributed by atoms with E-state index in [2.05, 4.69) is 0 Å². The highest BCUT2D eigenvalue weighted by molar-refractivity contribution is 7.91. The summed E-state index contributed by atoms with van der Waals surface area (Å²) in [6.07, 6.45) is -0.156. The van der Waals surface area contributed by atoms with E-state index >= 15 is 0 Å². The van der Waals surface area contributed by atoms with Gasteiger partial charge in [-0.1, -0.05) is 13.0 Å². The Hall–Kier alpha value is -1.89. The van der Waals surface area contributed by atoms with Gasteiger partial charge < -0.3 is 10.0 Å². The maximum Gasteiger partial charge on any atom is 0.305 e. The number of hydrogen-bond donors (Lipinski definition) is 1. The quantitative estimate of drug-likeness (QED) is 0.824. The molecule has 0 unspecified atom stereocenters. The molecule has 22 heavy (non-hydrogen) atoms. The van der Waals surface area contributed by atoms with E-state index in [4.69, 9.17) is 5.11 Å². The molecule has 0 bridgehead atoms. The first-order chi connectivity index (χ1) is 10.2. The molecule has 0 aromatic heterocycles. The maximum absolute atomic E-state index is 12.5. The Morgan fingerprint density at radius 3 is 2.41 bits per heavy atom. The number of carboxylic acid groups (broad SMARTS) is 1. The van der Waals surface area contributed by atoms with Gasteiger partial charge in [0.15, 0.2) is 9.84 Å². The van der Waals surface area contributed by atoms with Crippen LogP contribution in [0, 0.1) is 0 Å². The summed E-state index contributed by atoms with van der Waals surface area (Å²) in [7, 11) is -3.39. The fourth-order valence-electron chi connectivity index (χ4n) is 1.97. The van der Waals surface area contributed by atoms with Gasteiger partial charge in [-0.3, -0.25) is 9.59 Å². The minimum Gasteiger partial charge on any atom is -0.481 e. The van der Waals surface area contributed by atoms with Crippen molar-refractivity contribution >= 4 is 21.7 Å². The molecule has 1 aromatic rings. The van der Waals surface area contributed by atoms with Gasteiger partial charge in [0, 0.05) is 18.2 Å². The number of hydrogen-bond acceptors (Lipinski definition) is 4. The molecular formula is C15H21NO5S. The first-order valence-corrected chi connectivity index (χ1v) is 8.70. The zero-order valence-electron chi connectivity index (χ0n) is 12.9. The SMILES string of the molecule is CCS(=O)(=O)c1cccc(C(=O)N(CCC(=O)O)C(C)C)c1. The fraction of sp³-hybridized carbons (Fsp3) is 0.467. The van der Waals surface area contributed by atoms with Crippen LogP contribution in [0.1, 0.15) is 37.6 Å². The van der Waals surface area contributed by atoms with Crippen LogP contribution < -0.4 is 0 Å². The summed E-state index contributed by atoms with van der Waals surface area (Å²) < 4.78 is 23.8. The molecule has 0 atom stereocenters. The van der Waals surface area contributed by atoms with Crippen LogP contribution in [0.3, 0.4) is 0 Å². The number of amides is 1. The van der Waals surface area contributed by atoms with Gasteiger partial charge in [0.05, 0.1) is 17.1 Å². The largest absolute Gasteiger partial charge is 0.481 e. The topological polar surface area (TPSA) is 91.8 Å². The normalized spacial score (nSPS) is 11.5. The highest BCUT2D eigenvalue weighted by Gasteiger charge is 2.21. The van der Waals surface area contributed by atoms with Crippen LogP contribution in [0.5, 0.6) is 0 Å². The molecule has 1 amide bonds. The lowest BCUT2D eigenvalue weighted by Crippen LogP contribution is -2.38. The van der Waals surface area contributed by atoms with Crippen molar-refractivity contribution in [3.05, 3.63) is 29.8 Å². The maximum atomic E-state index is 12.5. The van der Waals surface area contributed by atoms with Crippen LogP contribution in [0.2, 0.25) is 0 Å². The zero-order valence-corrected chi connectivity index (χ0v) is 13.8. The van der Waals surface area contributed by atoms with E-state index in [9.17, 15) is 18.0 Å². The Balaban J connectivity index is 3.09. The minimum atomic E-state index is -3.39. The number of rotatable bonds is 7. The smallest absolute Gasteiger partial charge is 0.305 e. The van der Waals surface area contributed by atoms with Gasteiger partial charge in [-0.2, -0.15) is 0 Å². The van der Waals surface area contributed by atoms with Crippen LogP contribution in [0.25, 0.3) is 0 Å². The molecule has 0 aliphatic heterocycles. The van der Waals surface area contributed by atoms with Crippen molar-refractivity contribution in [1.82, 2.24) is 4.90 Å². The lowest BCUT2D eigenvalue weighted by Gasteiger charge is -2.26. The predicted molar refractivity (Wildman–Crippen MR) is 82.6 cm³/mol. The zero-order chi connectivity index (χ0) is 16.9. The molecule has 7 heteroatoms. The highest BCUT2D eigenvalue weighted by atomic mass is 32.2. The number of sulfone groups is 1. The summed E-state index contributed by atoms with van der Waals surface area (Å²) >= 11 is 0. The Bertz CT molecular complexity index is 652. The van der Waals surface area contributed by atoms with Crippen molar-refractivity contribution in [2.24, 2.45) is 0 Å². The van der Waals surface area contributed by atoms with Crippen LogP contribution >= 0.6 is 0 Å². The van der Waals surface area contributed by atoms with E-state index in [0.717, 1.165) is 0 Å². The molecule has 0 radical (unpaired) electrons. The monoisotopic (exact) mass is 327 g/mol. The summed E-state index contributed by atoms with van der Waals surface area (Å²) in [5.74, 6) is -1.40. The third-order valence-electron chi connectivity index (χ3n) is 3.27. The van der Waals surface area contributed by atoms with Crippen molar-refractivity contribution in [2.45, 2.75) is 38.1 Å². The van der Waals surface area contributed by atoms with Gasteiger partial charge in [0.25, 0.3) is 5.91 Å². The molecule has 1 rings (SSSR count). The summed E-state index contributed by atoms with van der Waals surface area (Å²) in [5, 5.41) is 8.76. The number of benzene rings is 1. The molecule has 0 aliphatic rings. The fourth-order valence-corrected chi connectivity index (χ4v) is 2.89. The average Bonchev–Trinajstić information content (AvgIpc) is 2.46. The summed E-state index contributed by atoms with van der Waals surface area (Å²) in [4.78, 5) is 24.7. The average molecular weight is 327 g/mol. The minimum absolute atomic E-state index is 0.0441. The van der Waals surface area contributed by atoms with E-state index in [1.807, 2.05) is 0 Å². The van der Waals surface area contributed by atoms with Gasteiger partial charge >= 0.3 is 5.97 Å². The number of carbonyl (C=O) groups is 2. The van der Waals surface area contributed by atoms with E-state index < -0.39 is 15.8 Å². The lowest BCUT2D eigenvalue weighted by atomic mass is 10.1. The molecule has 0 saturated heterocycles. The van der Waals surface area contributed by atoms with Crippen molar-refractivity contribution in [3.63, 3.8) is 0 Å². The molecule has 6 nitrogen and oxygen atoms in total. The molecule has 0 aliphatic carbocycles. The molecule has 0 heterocycles. The van der Waals surface area contributed by atoms with Gasteiger partial charge in [-0.25, -0.2) is 8.42 Å². The third kappa shape index (κ3) is 4.56. The number of carbonyl (C=O) groups excluding carboxylic acids is 1. The van der Waals surface area contributed by atoms with Gasteiger partial charge in [0.2, 0.25) is 0 Å². The van der Waals surface area contributed by atoms with Crippen molar-refractivity contribution in [1.29, 1.82) is 0 Å². The second-order valence-electron chi connectivity index (χ2n) is 5.17. The van der Waals surface area contributed by atoms with Gasteiger partial charge in [-0.05, 0) is 32.0 Å². The summed E-state index contributed by atoms with van der Waals surface area (Å²) in [6, 6.07) is 5.67. The number of nitrogens with zero attached hydrogens (tertiary/aromatic N) is 1. The number of carboxylic acids is 1. The molecule has 1 aromatic carbocycles. The molecule has 0 fully saturated rings. The summed E-state index contributed by atoms with van der Waals surface area (Å²) in [6.45, 7) is 5.19. The highest BCUT2D eigenvalue weighted by Crippen LogP contribution is 2.16. The van der Waals surface area contributed by atoms with E-state index in [0.29, 0.717) is 0 Å². The van der Waals surface area contributed by atoms with Gasteiger partial charge in [0.1, 0.15) is 0 Å². The molecular weight excluding hydrogens is 306 g/mol. The first kappa shape index (κ1) is 18.2. The van der Waals surface area contributed by atoms with Crippen molar-refractivity contribution in [3.8, 4) is 0 Å². The Morgan fingerprint density at radius 2 is 1.91 bits per heavy atom. The van der Waals surface area contributed by atoms with Crippen LogP contribution in [-0.4, -0.2) is 48.6 Å². The Labute approximate surface area is 130 Å². The molecule has 0 spiro atoms. The summed E-state index contributed by atoms with van der Waals surface area (Å²) in [5.41, 5.74) is 0.244. The van der Waals surface area contributed by atoms with Crippen LogP contribution in [0.4, 0.5) is 0 Å². The predicted octanol–water partition coefficient (Wildman–Crippen LogP) is 1.81. The number of aliphatic carboxylic acids is 1. The third-order valence-corrected chi connectivity index (χ3v) is 5.00.